The van der Waals surface area contributed by atoms with Gasteiger partial charge in [-0.25, -0.2) is 0 Å². The predicted molar refractivity (Wildman–Crippen MR) is 118 cm³/mol. The van der Waals surface area contributed by atoms with Crippen molar-refractivity contribution in [1.82, 2.24) is 0 Å². The molecule has 0 aromatic heterocycles. The van der Waals surface area contributed by atoms with Crippen molar-refractivity contribution in [2.75, 3.05) is 13.2 Å². The molecule has 6 heteroatoms. The Labute approximate surface area is 186 Å². The first kappa shape index (κ1) is 20.6. The Morgan fingerprint density at radius 3 is 2.65 bits per heavy atom. The average Bonchev–Trinajstić information content (AvgIpc) is 3.25. The highest BCUT2D eigenvalue weighted by Crippen LogP contribution is 2.51. The molecule has 1 fully saturated rings. The van der Waals surface area contributed by atoms with Crippen LogP contribution < -0.4 is 4.74 Å². The summed E-state index contributed by atoms with van der Waals surface area (Å²) in [6.45, 7) is 8.61. The molecule has 3 aliphatic rings. The number of carbonyl (C=O) groups is 1. The summed E-state index contributed by atoms with van der Waals surface area (Å²) in [5, 5.41) is 11.3. The first-order valence-corrected chi connectivity index (χ1v) is 10.8. The molecule has 5 rings (SSSR count). The van der Waals surface area contributed by atoms with Crippen LogP contribution in [0.15, 0.2) is 35.9 Å². The molecule has 0 bridgehead atoms. The van der Waals surface area contributed by atoms with E-state index in [9.17, 15) is 9.90 Å². The maximum Gasteiger partial charge on any atom is 0.194 e. The molecule has 1 atom stereocenters. The molecule has 5 nitrogen and oxygen atoms in total. The number of fused-ring (bicyclic) bond motifs is 3. The Morgan fingerprint density at radius 2 is 1.94 bits per heavy atom. The third kappa shape index (κ3) is 3.27. The highest BCUT2D eigenvalue weighted by atomic mass is 35.5. The molecule has 1 saturated heterocycles. The SMILES string of the molecule is CC1(C)OC[C@H](COc2cc3c(cc2O)C(=O)C2=C(Cc4cc(Cl)ccc42)C3(C)C)O1. The molecule has 31 heavy (non-hydrogen) atoms. The van der Waals surface area contributed by atoms with E-state index in [1.54, 1.807) is 6.07 Å². The van der Waals surface area contributed by atoms with E-state index in [0.717, 1.165) is 27.8 Å². The molecule has 2 aliphatic carbocycles. The number of phenolic OH excluding ortho intramolecular Hbond substituents is 1. The highest BCUT2D eigenvalue weighted by molar-refractivity contribution is 6.34. The molecule has 2 aromatic carbocycles. The number of halogens is 1. The molecule has 0 saturated carbocycles. The van der Waals surface area contributed by atoms with Gasteiger partial charge in [0.1, 0.15) is 12.7 Å². The third-order valence-corrected chi connectivity index (χ3v) is 6.73. The molecule has 1 aliphatic heterocycles. The van der Waals surface area contributed by atoms with E-state index in [1.165, 1.54) is 6.07 Å². The van der Waals surface area contributed by atoms with Crippen molar-refractivity contribution in [1.29, 1.82) is 0 Å². The van der Waals surface area contributed by atoms with Crippen LogP contribution in [0.3, 0.4) is 0 Å². The van der Waals surface area contributed by atoms with Gasteiger partial charge < -0.3 is 19.3 Å². The second kappa shape index (κ2) is 6.83. The summed E-state index contributed by atoms with van der Waals surface area (Å²) in [6, 6.07) is 8.99. The third-order valence-electron chi connectivity index (χ3n) is 6.50. The zero-order valence-corrected chi connectivity index (χ0v) is 18.8. The van der Waals surface area contributed by atoms with Crippen LogP contribution in [-0.2, 0) is 21.3 Å². The Kier molecular flexibility index (Phi) is 4.53. The lowest BCUT2D eigenvalue weighted by molar-refractivity contribution is -0.141. The first-order chi connectivity index (χ1) is 14.6. The summed E-state index contributed by atoms with van der Waals surface area (Å²) < 4.78 is 17.3. The lowest BCUT2D eigenvalue weighted by Crippen LogP contribution is -2.30. The number of hydrogen-bond acceptors (Lipinski definition) is 5. The summed E-state index contributed by atoms with van der Waals surface area (Å²) in [5.74, 6) is -0.416. The van der Waals surface area contributed by atoms with Crippen LogP contribution in [0.2, 0.25) is 5.02 Å². The molecule has 2 aromatic rings. The van der Waals surface area contributed by atoms with Crippen molar-refractivity contribution >= 4 is 23.0 Å². The number of benzene rings is 2. The van der Waals surface area contributed by atoms with E-state index in [-0.39, 0.29) is 24.2 Å². The van der Waals surface area contributed by atoms with Gasteiger partial charge in [0.15, 0.2) is 23.1 Å². The Bertz CT molecular complexity index is 1140. The van der Waals surface area contributed by atoms with Gasteiger partial charge in [-0.1, -0.05) is 31.5 Å². The minimum absolute atomic E-state index is 0.0561. The van der Waals surface area contributed by atoms with E-state index >= 15 is 0 Å². The minimum Gasteiger partial charge on any atom is -0.504 e. The van der Waals surface area contributed by atoms with Crippen LogP contribution in [0.1, 0.15) is 54.7 Å². The summed E-state index contributed by atoms with van der Waals surface area (Å²) in [6.07, 6.45) is 0.464. The van der Waals surface area contributed by atoms with Crippen LogP contribution >= 0.6 is 11.6 Å². The van der Waals surface area contributed by atoms with Crippen LogP contribution in [0.4, 0.5) is 0 Å². The molecule has 0 spiro atoms. The topological polar surface area (TPSA) is 65.0 Å². The number of carbonyl (C=O) groups excluding carboxylic acids is 1. The fourth-order valence-corrected chi connectivity index (χ4v) is 5.10. The van der Waals surface area contributed by atoms with Gasteiger partial charge in [0.25, 0.3) is 0 Å². The molecular weight excluding hydrogens is 416 g/mol. The van der Waals surface area contributed by atoms with E-state index in [4.69, 9.17) is 25.8 Å². The van der Waals surface area contributed by atoms with Crippen molar-refractivity contribution in [2.45, 2.75) is 51.4 Å². The largest absolute Gasteiger partial charge is 0.504 e. The zero-order valence-electron chi connectivity index (χ0n) is 18.0. The number of Topliss-reactive ketones (excluding diaryl/α,β-unsaturated/α-hetero) is 1. The normalized spacial score (nSPS) is 22.9. The fraction of sp³-hybridized carbons (Fsp3) is 0.400. The summed E-state index contributed by atoms with van der Waals surface area (Å²) in [7, 11) is 0. The molecule has 0 radical (unpaired) electrons. The monoisotopic (exact) mass is 440 g/mol. The van der Waals surface area contributed by atoms with Gasteiger partial charge in [-0.15, -0.1) is 0 Å². The predicted octanol–water partition coefficient (Wildman–Crippen LogP) is 5.06. The summed E-state index contributed by atoms with van der Waals surface area (Å²) in [5.41, 5.74) is 4.77. The van der Waals surface area contributed by atoms with Crippen molar-refractivity contribution in [3.05, 3.63) is 63.2 Å². The van der Waals surface area contributed by atoms with Crippen LogP contribution in [0.5, 0.6) is 11.5 Å². The molecule has 162 valence electrons. The van der Waals surface area contributed by atoms with Crippen molar-refractivity contribution in [2.24, 2.45) is 0 Å². The van der Waals surface area contributed by atoms with E-state index in [2.05, 4.69) is 13.8 Å². The maximum absolute atomic E-state index is 13.5. The van der Waals surface area contributed by atoms with Crippen LogP contribution in [-0.4, -0.2) is 36.0 Å². The fourth-order valence-electron chi connectivity index (χ4n) is 4.90. The number of hydrogen-bond donors (Lipinski definition) is 1. The van der Waals surface area contributed by atoms with Gasteiger partial charge in [-0.2, -0.15) is 0 Å². The maximum atomic E-state index is 13.5. The highest BCUT2D eigenvalue weighted by Gasteiger charge is 2.43. The average molecular weight is 441 g/mol. The van der Waals surface area contributed by atoms with Crippen molar-refractivity contribution < 1.29 is 24.1 Å². The van der Waals surface area contributed by atoms with E-state index < -0.39 is 11.2 Å². The summed E-state index contributed by atoms with van der Waals surface area (Å²) in [4.78, 5) is 13.5. The number of phenols is 1. The zero-order chi connectivity index (χ0) is 22.1. The van der Waals surface area contributed by atoms with Gasteiger partial charge in [-0.05, 0) is 66.8 Å². The number of ether oxygens (including phenoxy) is 3. The lowest BCUT2D eigenvalue weighted by atomic mass is 9.68. The number of aromatic hydroxyl groups is 1. The van der Waals surface area contributed by atoms with E-state index in [0.29, 0.717) is 29.4 Å². The lowest BCUT2D eigenvalue weighted by Gasteiger charge is -2.34. The molecular formula is C25H25ClO5. The Morgan fingerprint density at radius 1 is 1.16 bits per heavy atom. The standard InChI is InChI=1S/C25H25ClO5/c1-24(2)18-10-21(29-11-15-12-30-25(3,4)31-15)20(27)9-17(18)23(28)22-16-6-5-14(26)7-13(16)8-19(22)24/h5-7,9-10,15,27H,8,11-12H2,1-4H3/t15-/m0/s1. The van der Waals surface area contributed by atoms with Gasteiger partial charge in [0, 0.05) is 21.6 Å². The second-order valence-corrected chi connectivity index (χ2v) is 9.85. The number of rotatable bonds is 3. The van der Waals surface area contributed by atoms with Gasteiger partial charge in [-0.3, -0.25) is 4.79 Å². The Balaban J connectivity index is 1.49. The molecule has 0 unspecified atom stereocenters. The van der Waals surface area contributed by atoms with Crippen molar-refractivity contribution in [3.8, 4) is 11.5 Å². The molecule has 1 N–H and O–H groups in total. The quantitative estimate of drug-likeness (QED) is 0.722. The number of ketones is 1. The first-order valence-electron chi connectivity index (χ1n) is 10.5. The summed E-state index contributed by atoms with van der Waals surface area (Å²) >= 11 is 6.19. The van der Waals surface area contributed by atoms with Gasteiger partial charge >= 0.3 is 0 Å². The van der Waals surface area contributed by atoms with Crippen LogP contribution in [0.25, 0.3) is 5.57 Å². The Hall–Kier alpha value is -2.34. The minimum atomic E-state index is -0.635. The van der Waals surface area contributed by atoms with Gasteiger partial charge in [0.05, 0.1) is 6.61 Å². The second-order valence-electron chi connectivity index (χ2n) is 9.41. The van der Waals surface area contributed by atoms with E-state index in [1.807, 2.05) is 32.0 Å². The smallest absolute Gasteiger partial charge is 0.194 e. The number of allylic oxidation sites excluding steroid dienone is 2. The molecule has 1 heterocycles. The van der Waals surface area contributed by atoms with Crippen molar-refractivity contribution in [3.63, 3.8) is 0 Å². The van der Waals surface area contributed by atoms with Crippen LogP contribution in [0, 0.1) is 0 Å². The van der Waals surface area contributed by atoms with Gasteiger partial charge in [0.2, 0.25) is 0 Å². The molecule has 0 amide bonds.